The van der Waals surface area contributed by atoms with Crippen molar-refractivity contribution < 1.29 is 4.79 Å². The van der Waals surface area contributed by atoms with Crippen LogP contribution >= 0.6 is 0 Å². The number of hydrogen-bond donors (Lipinski definition) is 2. The van der Waals surface area contributed by atoms with Crippen molar-refractivity contribution in [3.05, 3.63) is 48.0 Å². The SMILES string of the molecule is CC(C)CNC(=O)N[C@H](C)c1ccc2ccccc2c1. The summed E-state index contributed by atoms with van der Waals surface area (Å²) in [4.78, 5) is 11.8. The Balaban J connectivity index is 2.03. The molecule has 2 aromatic carbocycles. The molecule has 0 aliphatic heterocycles. The number of rotatable bonds is 4. The molecule has 0 aromatic heterocycles. The van der Waals surface area contributed by atoms with E-state index >= 15 is 0 Å². The first-order chi connectivity index (χ1) is 9.56. The highest BCUT2D eigenvalue weighted by Gasteiger charge is 2.09. The average molecular weight is 270 g/mol. The molecule has 0 spiro atoms. The van der Waals surface area contributed by atoms with Gasteiger partial charge in [-0.1, -0.05) is 50.2 Å². The van der Waals surface area contributed by atoms with Crippen LogP contribution in [0.1, 0.15) is 32.4 Å². The fourth-order valence-electron chi connectivity index (χ4n) is 2.10. The smallest absolute Gasteiger partial charge is 0.315 e. The highest BCUT2D eigenvalue weighted by molar-refractivity contribution is 5.83. The molecule has 2 aromatic rings. The third-order valence-electron chi connectivity index (χ3n) is 3.29. The lowest BCUT2D eigenvalue weighted by Crippen LogP contribution is -2.38. The van der Waals surface area contributed by atoms with Crippen molar-refractivity contribution in [1.82, 2.24) is 10.6 Å². The fraction of sp³-hybridized carbons (Fsp3) is 0.353. The van der Waals surface area contributed by atoms with Gasteiger partial charge in [-0.25, -0.2) is 4.79 Å². The first-order valence-corrected chi connectivity index (χ1v) is 7.09. The van der Waals surface area contributed by atoms with Gasteiger partial charge in [-0.15, -0.1) is 0 Å². The Hall–Kier alpha value is -2.03. The average Bonchev–Trinajstić information content (AvgIpc) is 2.44. The molecule has 0 aliphatic carbocycles. The molecule has 3 heteroatoms. The molecule has 0 saturated heterocycles. The predicted octanol–water partition coefficient (Wildman–Crippen LogP) is 3.86. The Labute approximate surface area is 120 Å². The number of fused-ring (bicyclic) bond motifs is 1. The third-order valence-corrected chi connectivity index (χ3v) is 3.29. The lowest BCUT2D eigenvalue weighted by atomic mass is 10.0. The minimum atomic E-state index is -0.112. The Morgan fingerprint density at radius 1 is 1.05 bits per heavy atom. The van der Waals surface area contributed by atoms with Crippen LogP contribution < -0.4 is 10.6 Å². The molecule has 2 rings (SSSR count). The maximum atomic E-state index is 11.8. The van der Waals surface area contributed by atoms with Crippen molar-refractivity contribution in [3.63, 3.8) is 0 Å². The molecule has 106 valence electrons. The minimum Gasteiger partial charge on any atom is -0.338 e. The zero-order chi connectivity index (χ0) is 14.5. The van der Waals surface area contributed by atoms with Gasteiger partial charge >= 0.3 is 6.03 Å². The van der Waals surface area contributed by atoms with E-state index < -0.39 is 0 Å². The van der Waals surface area contributed by atoms with Gasteiger partial charge in [0.25, 0.3) is 0 Å². The molecular formula is C17H22N2O. The second kappa shape index (κ2) is 6.42. The molecule has 2 amide bonds. The Bertz CT molecular complexity index is 592. The molecule has 0 radical (unpaired) electrons. The van der Waals surface area contributed by atoms with Gasteiger partial charge in [0.2, 0.25) is 0 Å². The zero-order valence-electron chi connectivity index (χ0n) is 12.3. The Morgan fingerprint density at radius 2 is 1.75 bits per heavy atom. The predicted molar refractivity (Wildman–Crippen MR) is 83.7 cm³/mol. The molecule has 20 heavy (non-hydrogen) atoms. The van der Waals surface area contributed by atoms with E-state index in [2.05, 4.69) is 54.8 Å². The van der Waals surface area contributed by atoms with Crippen molar-refractivity contribution in [2.75, 3.05) is 6.54 Å². The quantitative estimate of drug-likeness (QED) is 0.870. The molecule has 2 N–H and O–H groups in total. The number of carbonyl (C=O) groups excluding carboxylic acids is 1. The number of nitrogens with one attached hydrogen (secondary N) is 2. The summed E-state index contributed by atoms with van der Waals surface area (Å²) in [5.74, 6) is 0.455. The van der Waals surface area contributed by atoms with Crippen molar-refractivity contribution in [2.24, 2.45) is 5.92 Å². The first kappa shape index (κ1) is 14.4. The molecule has 0 fully saturated rings. The van der Waals surface area contributed by atoms with E-state index in [0.717, 1.165) is 5.56 Å². The number of urea groups is 1. The van der Waals surface area contributed by atoms with Crippen LogP contribution in [0.4, 0.5) is 4.79 Å². The van der Waals surface area contributed by atoms with Gasteiger partial charge in [0.05, 0.1) is 6.04 Å². The van der Waals surface area contributed by atoms with Gasteiger partial charge in [-0.3, -0.25) is 0 Å². The van der Waals surface area contributed by atoms with Gasteiger partial charge in [0.1, 0.15) is 0 Å². The molecule has 0 aliphatic rings. The second-order valence-corrected chi connectivity index (χ2v) is 5.58. The maximum Gasteiger partial charge on any atom is 0.315 e. The van der Waals surface area contributed by atoms with Crippen LogP contribution in [0.2, 0.25) is 0 Å². The topological polar surface area (TPSA) is 41.1 Å². The Morgan fingerprint density at radius 3 is 2.45 bits per heavy atom. The van der Waals surface area contributed by atoms with E-state index in [1.807, 2.05) is 19.1 Å². The number of benzene rings is 2. The van der Waals surface area contributed by atoms with Crippen LogP contribution in [0, 0.1) is 5.92 Å². The molecule has 1 atom stereocenters. The lowest BCUT2D eigenvalue weighted by Gasteiger charge is -2.16. The van der Waals surface area contributed by atoms with Gasteiger partial charge in [0.15, 0.2) is 0 Å². The Kier molecular flexibility index (Phi) is 4.61. The summed E-state index contributed by atoms with van der Waals surface area (Å²) in [7, 11) is 0. The van der Waals surface area contributed by atoms with Crippen molar-refractivity contribution in [1.29, 1.82) is 0 Å². The summed E-state index contributed by atoms with van der Waals surface area (Å²) in [6.45, 7) is 6.84. The molecule has 3 nitrogen and oxygen atoms in total. The van der Waals surface area contributed by atoms with Gasteiger partial charge < -0.3 is 10.6 Å². The van der Waals surface area contributed by atoms with E-state index in [4.69, 9.17) is 0 Å². The normalized spacial score (nSPS) is 12.4. The summed E-state index contributed by atoms with van der Waals surface area (Å²) in [5.41, 5.74) is 1.11. The van der Waals surface area contributed by atoms with Crippen LogP contribution in [-0.2, 0) is 0 Å². The van der Waals surface area contributed by atoms with E-state index in [-0.39, 0.29) is 12.1 Å². The first-order valence-electron chi connectivity index (χ1n) is 7.09. The van der Waals surface area contributed by atoms with Crippen LogP contribution in [-0.4, -0.2) is 12.6 Å². The lowest BCUT2D eigenvalue weighted by molar-refractivity contribution is 0.236. The van der Waals surface area contributed by atoms with Crippen molar-refractivity contribution >= 4 is 16.8 Å². The van der Waals surface area contributed by atoms with Gasteiger partial charge in [-0.2, -0.15) is 0 Å². The largest absolute Gasteiger partial charge is 0.338 e. The van der Waals surface area contributed by atoms with E-state index in [9.17, 15) is 4.79 Å². The summed E-state index contributed by atoms with van der Waals surface area (Å²) >= 11 is 0. The fourth-order valence-corrected chi connectivity index (χ4v) is 2.10. The molecule has 0 saturated carbocycles. The number of amides is 2. The van der Waals surface area contributed by atoms with Crippen LogP contribution in [0.15, 0.2) is 42.5 Å². The molecule has 0 unspecified atom stereocenters. The summed E-state index contributed by atoms with van der Waals surface area (Å²) in [6.07, 6.45) is 0. The number of hydrogen-bond acceptors (Lipinski definition) is 1. The van der Waals surface area contributed by atoms with E-state index in [1.54, 1.807) is 0 Å². The third kappa shape index (κ3) is 3.73. The van der Waals surface area contributed by atoms with E-state index in [1.165, 1.54) is 10.8 Å². The molecule has 0 bridgehead atoms. The minimum absolute atomic E-state index is 0.00762. The highest BCUT2D eigenvalue weighted by atomic mass is 16.2. The van der Waals surface area contributed by atoms with Crippen molar-refractivity contribution in [2.45, 2.75) is 26.8 Å². The van der Waals surface area contributed by atoms with Gasteiger partial charge in [-0.05, 0) is 35.2 Å². The maximum absolute atomic E-state index is 11.8. The number of carbonyl (C=O) groups is 1. The second-order valence-electron chi connectivity index (χ2n) is 5.58. The monoisotopic (exact) mass is 270 g/mol. The zero-order valence-corrected chi connectivity index (χ0v) is 12.3. The van der Waals surface area contributed by atoms with E-state index in [0.29, 0.717) is 12.5 Å². The summed E-state index contributed by atoms with van der Waals surface area (Å²) in [5, 5.41) is 8.25. The van der Waals surface area contributed by atoms with Crippen LogP contribution in [0.5, 0.6) is 0 Å². The van der Waals surface area contributed by atoms with Crippen molar-refractivity contribution in [3.8, 4) is 0 Å². The van der Waals surface area contributed by atoms with Crippen LogP contribution in [0.25, 0.3) is 10.8 Å². The van der Waals surface area contributed by atoms with Crippen LogP contribution in [0.3, 0.4) is 0 Å². The highest BCUT2D eigenvalue weighted by Crippen LogP contribution is 2.20. The summed E-state index contributed by atoms with van der Waals surface area (Å²) in [6, 6.07) is 14.4. The summed E-state index contributed by atoms with van der Waals surface area (Å²) < 4.78 is 0. The standard InChI is InChI=1S/C17H22N2O/c1-12(2)11-18-17(20)19-13(3)15-9-8-14-6-4-5-7-16(14)10-15/h4-10,12-13H,11H2,1-3H3,(H2,18,19,20)/t13-/m1/s1. The molecule has 0 heterocycles. The van der Waals surface area contributed by atoms with Gasteiger partial charge in [0, 0.05) is 6.54 Å². The molecular weight excluding hydrogens is 248 g/mol.